The average molecular weight is 799 g/mol. The molecule has 0 bridgehead atoms. The predicted molar refractivity (Wildman–Crippen MR) is 156 cm³/mol. The summed E-state index contributed by atoms with van der Waals surface area (Å²) in [4.78, 5) is 24.2. The summed E-state index contributed by atoms with van der Waals surface area (Å²) in [5.41, 5.74) is 0.883. The molecule has 0 aromatic rings. The van der Waals surface area contributed by atoms with Crippen LogP contribution >= 0.6 is 0 Å². The first-order valence-electron chi connectivity index (χ1n) is 14.5. The number of rotatable bonds is 22. The molecule has 0 spiro atoms. The molecule has 6 nitrogen and oxygen atoms in total. The maximum atomic E-state index is 12.1. The molecule has 2 radical (unpaired) electrons. The molecule has 0 saturated carbocycles. The zero-order chi connectivity index (χ0) is 27.7. The van der Waals surface area contributed by atoms with E-state index in [0.29, 0.717) is 13.2 Å². The number of halogens is 2. The fourth-order valence-electron chi connectivity index (χ4n) is 4.31. The second kappa shape index (κ2) is 23.3. The summed E-state index contributed by atoms with van der Waals surface area (Å²) in [6.45, 7) is 16.4. The van der Waals surface area contributed by atoms with Gasteiger partial charge in [-0.1, -0.05) is 71.3 Å². The van der Waals surface area contributed by atoms with Gasteiger partial charge in [-0.3, -0.25) is 9.59 Å². The third-order valence-corrected chi connectivity index (χ3v) is 15.1. The zero-order valence-electron chi connectivity index (χ0n) is 26.2. The van der Waals surface area contributed by atoms with Crippen molar-refractivity contribution in [1.82, 2.24) is 0 Å². The van der Waals surface area contributed by atoms with Gasteiger partial charge in [0, 0.05) is 9.52 Å². The molecule has 0 aliphatic rings. The number of carbonyl (C=O) groups is 2. The molecule has 0 rings (SSSR count). The highest BCUT2D eigenvalue weighted by molar-refractivity contribution is 6.78. The smallest absolute Gasteiger partial charge is 0.306 e. The Morgan fingerprint density at radius 3 is 1.55 bits per heavy atom. The zero-order valence-corrected chi connectivity index (χ0v) is 32.5. The van der Waals surface area contributed by atoms with Crippen LogP contribution in [0.5, 0.6) is 0 Å². The number of esters is 2. The molecular weight excluding hydrogens is 738 g/mol. The van der Waals surface area contributed by atoms with Crippen molar-refractivity contribution in [3.05, 3.63) is 0 Å². The van der Waals surface area contributed by atoms with Gasteiger partial charge >= 0.3 is 11.9 Å². The van der Waals surface area contributed by atoms with Crippen LogP contribution in [0, 0.1) is 0 Å². The van der Waals surface area contributed by atoms with Crippen molar-refractivity contribution in [1.29, 1.82) is 0 Å². The molecule has 10 heteroatoms. The van der Waals surface area contributed by atoms with Gasteiger partial charge < -0.3 is 66.4 Å². The number of hydrogen-bond donors (Lipinski definition) is 0. The number of carbonyl (C=O) groups excluding carboxylic acids is 2. The fraction of sp³-hybridized carbons (Fsp3) is 0.929. The van der Waals surface area contributed by atoms with E-state index in [1.807, 2.05) is 0 Å². The van der Waals surface area contributed by atoms with Crippen LogP contribution in [0.3, 0.4) is 0 Å². The Morgan fingerprint density at radius 1 is 0.737 bits per heavy atom. The van der Waals surface area contributed by atoms with Gasteiger partial charge in [0.15, 0.2) is 0 Å². The molecule has 0 heterocycles. The van der Waals surface area contributed by atoms with E-state index < -0.39 is 8.07 Å². The van der Waals surface area contributed by atoms with Gasteiger partial charge in [0.2, 0.25) is 0 Å². The quantitative estimate of drug-likeness (QED) is 0.0495. The molecule has 0 amide bonds. The minimum atomic E-state index is -1.04. The van der Waals surface area contributed by atoms with Gasteiger partial charge in [0.25, 0.3) is 0 Å². The molecule has 0 saturated heterocycles. The van der Waals surface area contributed by atoms with Gasteiger partial charge in [-0.2, -0.15) is 0 Å². The maximum Gasteiger partial charge on any atom is 0.306 e. The van der Waals surface area contributed by atoms with Crippen LogP contribution in [0.15, 0.2) is 0 Å². The summed E-state index contributed by atoms with van der Waals surface area (Å²) in [5, 5.41) is 0. The molecule has 0 unspecified atom stereocenters. The summed E-state index contributed by atoms with van der Waals surface area (Å²) >= 11 is 0. The summed E-state index contributed by atoms with van der Waals surface area (Å²) < 4.78 is 12.5. The normalized spacial score (nSPS) is 12.1. The molecular formula is C28H60I2N2O4Si2. The van der Waals surface area contributed by atoms with E-state index in [1.165, 1.54) is 49.9 Å². The highest BCUT2D eigenvalue weighted by atomic mass is 127. The Kier molecular flexibility index (Phi) is 26.5. The first kappa shape index (κ1) is 43.2. The van der Waals surface area contributed by atoms with Gasteiger partial charge in [-0.15, -0.1) is 0 Å². The molecule has 0 aromatic carbocycles. The fourth-order valence-corrected chi connectivity index (χ4v) is 7.88. The average Bonchev–Trinajstić information content (AvgIpc) is 2.82. The maximum absolute atomic E-state index is 12.1. The first-order chi connectivity index (χ1) is 16.8. The van der Waals surface area contributed by atoms with Crippen LogP contribution in [0.2, 0.25) is 36.3 Å². The Labute approximate surface area is 273 Å². The van der Waals surface area contributed by atoms with Crippen molar-refractivity contribution in [3.8, 4) is 0 Å². The molecule has 0 aliphatic carbocycles. The summed E-state index contributed by atoms with van der Waals surface area (Å²) in [6.07, 6.45) is 5.22. The van der Waals surface area contributed by atoms with Crippen LogP contribution in [-0.4, -0.2) is 106 Å². The number of hydrogen-bond acceptors (Lipinski definition) is 4. The van der Waals surface area contributed by atoms with E-state index >= 15 is 0 Å². The standard InChI is InChI=1S/C28H60N2O4Si2.2HI/c1-10-26(11-2)35-24-14-18-29(5,6)20-22-33-27(31)16-17-28(32)34-23-21-30(7,8)19-15-25-36(9,12-3)13-4;;/h26H,10-25H2,1-9H3;2*1H/q+2;;/p-2. The minimum Gasteiger partial charge on any atom is -1.00 e. The van der Waals surface area contributed by atoms with Crippen molar-refractivity contribution in [3.63, 3.8) is 0 Å². The number of likely N-dealkylation sites (N-methyl/N-ethyl adjacent to an activating group) is 2. The molecule has 0 atom stereocenters. The van der Waals surface area contributed by atoms with Crippen molar-refractivity contribution in [2.24, 2.45) is 0 Å². The van der Waals surface area contributed by atoms with E-state index in [0.717, 1.165) is 50.2 Å². The van der Waals surface area contributed by atoms with Crippen LogP contribution < -0.4 is 48.0 Å². The van der Waals surface area contributed by atoms with Gasteiger partial charge in [-0.25, -0.2) is 0 Å². The summed E-state index contributed by atoms with van der Waals surface area (Å²) in [6, 6.07) is 5.38. The van der Waals surface area contributed by atoms with E-state index in [1.54, 1.807) is 0 Å². The Hall–Kier alpha value is 0.754. The third kappa shape index (κ3) is 22.4. The lowest BCUT2D eigenvalue weighted by atomic mass is 10.3. The van der Waals surface area contributed by atoms with Crippen LogP contribution in [0.25, 0.3) is 0 Å². The molecule has 0 aliphatic heterocycles. The number of ether oxygens (including phenoxy) is 2. The van der Waals surface area contributed by atoms with Gasteiger partial charge in [0.05, 0.1) is 62.2 Å². The number of quaternary nitrogens is 2. The topological polar surface area (TPSA) is 52.6 Å². The van der Waals surface area contributed by atoms with Crippen molar-refractivity contribution in [2.45, 2.75) is 102 Å². The third-order valence-electron chi connectivity index (χ3n) is 8.06. The second-order valence-electron chi connectivity index (χ2n) is 12.1. The lowest BCUT2D eigenvalue weighted by molar-refractivity contribution is -0.890. The summed E-state index contributed by atoms with van der Waals surface area (Å²) in [5.74, 6) is -0.615. The molecule has 0 fully saturated rings. The minimum absolute atomic E-state index is 0. The van der Waals surface area contributed by atoms with Crippen LogP contribution in [0.4, 0.5) is 0 Å². The Balaban J connectivity index is -0.00000612. The monoisotopic (exact) mass is 798 g/mol. The van der Waals surface area contributed by atoms with Crippen molar-refractivity contribution in [2.75, 3.05) is 67.6 Å². The van der Waals surface area contributed by atoms with Gasteiger partial charge in [-0.05, 0) is 18.4 Å². The summed E-state index contributed by atoms with van der Waals surface area (Å²) in [7, 11) is 8.81. The SMILES string of the molecule is CCC(CC)[Si]CCC[N+](C)(C)CCOC(=O)CCC(=O)OCC[N+](C)(C)CCC[Si](C)(CC)CC.[I-].[I-]. The van der Waals surface area contributed by atoms with Crippen LogP contribution in [-0.2, 0) is 19.1 Å². The van der Waals surface area contributed by atoms with Crippen LogP contribution in [0.1, 0.15) is 66.2 Å². The lowest BCUT2D eigenvalue weighted by Crippen LogP contribution is -3.00. The molecule has 0 N–H and O–H groups in total. The highest BCUT2D eigenvalue weighted by Gasteiger charge is 2.24. The van der Waals surface area contributed by atoms with E-state index in [-0.39, 0.29) is 72.7 Å². The number of nitrogens with zero attached hydrogens (tertiary/aromatic N) is 2. The van der Waals surface area contributed by atoms with Gasteiger partial charge in [0.1, 0.15) is 26.3 Å². The molecule has 228 valence electrons. The predicted octanol–water partition coefficient (Wildman–Crippen LogP) is -0.357. The largest absolute Gasteiger partial charge is 1.00 e. The van der Waals surface area contributed by atoms with Crippen molar-refractivity contribution < 1.29 is 76.0 Å². The highest BCUT2D eigenvalue weighted by Crippen LogP contribution is 2.22. The van der Waals surface area contributed by atoms with E-state index in [2.05, 4.69) is 62.4 Å². The van der Waals surface area contributed by atoms with E-state index in [9.17, 15) is 9.59 Å². The first-order valence-corrected chi connectivity index (χ1v) is 18.9. The lowest BCUT2D eigenvalue weighted by Gasteiger charge is -2.31. The Bertz CT molecular complexity index is 618. The second-order valence-corrected chi connectivity index (χ2v) is 19.4. The van der Waals surface area contributed by atoms with Crippen molar-refractivity contribution >= 4 is 29.5 Å². The molecule has 38 heavy (non-hydrogen) atoms. The Morgan fingerprint density at radius 2 is 1.16 bits per heavy atom. The van der Waals surface area contributed by atoms with E-state index in [4.69, 9.17) is 9.47 Å². The molecule has 0 aromatic heterocycles.